The largest absolute Gasteiger partial charge is 0.391 e. The van der Waals surface area contributed by atoms with E-state index >= 15 is 0 Å². The highest BCUT2D eigenvalue weighted by molar-refractivity contribution is 7.55. The fourth-order valence-electron chi connectivity index (χ4n) is 2.00. The molecule has 4 nitrogen and oxygen atoms in total. The summed E-state index contributed by atoms with van der Waals surface area (Å²) >= 11 is 5.86. The summed E-state index contributed by atoms with van der Waals surface area (Å²) in [7, 11) is -3.51. The second-order valence-electron chi connectivity index (χ2n) is 4.54. The van der Waals surface area contributed by atoms with Crippen molar-refractivity contribution in [3.8, 4) is 0 Å². The third-order valence-electron chi connectivity index (χ3n) is 3.05. The first-order chi connectivity index (χ1) is 8.32. The van der Waals surface area contributed by atoms with Crippen LogP contribution in [-0.2, 0) is 18.8 Å². The lowest BCUT2D eigenvalue weighted by Crippen LogP contribution is -2.30. The van der Waals surface area contributed by atoms with Gasteiger partial charge in [-0.3, -0.25) is 4.52 Å². The van der Waals surface area contributed by atoms with Gasteiger partial charge in [-0.1, -0.05) is 17.7 Å². The molecular formula is C12H14ClO4P. The van der Waals surface area contributed by atoms with Crippen LogP contribution in [0, 0.1) is 0 Å². The van der Waals surface area contributed by atoms with Crippen molar-refractivity contribution in [1.82, 2.24) is 0 Å². The Morgan fingerprint density at radius 1 is 1.44 bits per heavy atom. The molecule has 1 aromatic rings. The quantitative estimate of drug-likeness (QED) is 0.773. The van der Waals surface area contributed by atoms with Gasteiger partial charge in [0.2, 0.25) is 0 Å². The number of hydrogen-bond donors (Lipinski definition) is 0. The Hall–Kier alpha value is -0.830. The Balaban J connectivity index is 2.64. The Morgan fingerprint density at radius 2 is 2.11 bits per heavy atom. The summed E-state index contributed by atoms with van der Waals surface area (Å²) in [6.45, 7) is 5.41. The minimum atomic E-state index is -3.51. The molecule has 6 heteroatoms. The highest BCUT2D eigenvalue weighted by Crippen LogP contribution is 2.67. The van der Waals surface area contributed by atoms with E-state index in [0.29, 0.717) is 16.1 Å². The van der Waals surface area contributed by atoms with Gasteiger partial charge in [0.15, 0.2) is 0 Å². The van der Waals surface area contributed by atoms with E-state index in [1.165, 1.54) is 6.07 Å². The summed E-state index contributed by atoms with van der Waals surface area (Å²) in [5.74, 6) is -0.649. The molecule has 1 aromatic carbocycles. The highest BCUT2D eigenvalue weighted by Gasteiger charge is 2.52. The van der Waals surface area contributed by atoms with Gasteiger partial charge in [-0.05, 0) is 38.5 Å². The van der Waals surface area contributed by atoms with E-state index in [-0.39, 0.29) is 6.61 Å². The minimum Gasteiger partial charge on any atom is -0.387 e. The molecule has 0 fully saturated rings. The van der Waals surface area contributed by atoms with Crippen LogP contribution in [0.4, 0.5) is 0 Å². The molecule has 0 N–H and O–H groups in total. The third-order valence-corrected chi connectivity index (χ3v) is 5.90. The van der Waals surface area contributed by atoms with Crippen molar-refractivity contribution in [3.05, 3.63) is 34.3 Å². The molecule has 0 saturated heterocycles. The fraction of sp³-hybridized carbons (Fsp3) is 0.417. The predicted molar refractivity (Wildman–Crippen MR) is 69.1 cm³/mol. The van der Waals surface area contributed by atoms with Crippen LogP contribution in [0.3, 0.4) is 0 Å². The fourth-order valence-corrected chi connectivity index (χ4v) is 3.92. The van der Waals surface area contributed by atoms with Gasteiger partial charge < -0.3 is 4.52 Å². The molecule has 0 bridgehead atoms. The van der Waals surface area contributed by atoms with Crippen molar-refractivity contribution < 1.29 is 18.4 Å². The van der Waals surface area contributed by atoms with Crippen molar-refractivity contribution in [2.45, 2.75) is 25.9 Å². The van der Waals surface area contributed by atoms with Gasteiger partial charge in [0.25, 0.3) is 0 Å². The Bertz CT molecular complexity index is 553. The van der Waals surface area contributed by atoms with Crippen LogP contribution in [0.5, 0.6) is 0 Å². The second kappa shape index (κ2) is 4.37. The van der Waals surface area contributed by atoms with Crippen LogP contribution in [-0.4, -0.2) is 12.6 Å². The zero-order valence-corrected chi connectivity index (χ0v) is 12.0. The SMILES string of the molecule is CCOP1(=O)OC(=O)c2cc(Cl)ccc2C1(C)C. The number of benzene rings is 1. The molecule has 0 saturated carbocycles. The lowest BCUT2D eigenvalue weighted by molar-refractivity contribution is 0.0665. The van der Waals surface area contributed by atoms with Crippen molar-refractivity contribution in [1.29, 1.82) is 0 Å². The molecule has 1 atom stereocenters. The van der Waals surface area contributed by atoms with E-state index in [1.807, 2.05) is 0 Å². The van der Waals surface area contributed by atoms with E-state index in [2.05, 4.69) is 0 Å². The van der Waals surface area contributed by atoms with E-state index in [1.54, 1.807) is 32.9 Å². The minimum absolute atomic E-state index is 0.219. The van der Waals surface area contributed by atoms with Crippen LogP contribution in [0.1, 0.15) is 36.7 Å². The standard InChI is InChI=1S/C12H14ClO4P/c1-4-16-18(15)12(2,3)10-6-5-8(13)7-9(10)11(14)17-18/h5-7H,4H2,1-3H3. The van der Waals surface area contributed by atoms with Gasteiger partial charge in [0.05, 0.1) is 12.2 Å². The van der Waals surface area contributed by atoms with Crippen molar-refractivity contribution in [2.24, 2.45) is 0 Å². The van der Waals surface area contributed by atoms with E-state index in [4.69, 9.17) is 20.6 Å². The number of carbonyl (C=O) groups is 1. The molecule has 0 aromatic heterocycles. The Morgan fingerprint density at radius 3 is 2.72 bits per heavy atom. The molecule has 1 aliphatic rings. The zero-order chi connectivity index (χ0) is 13.6. The van der Waals surface area contributed by atoms with E-state index in [0.717, 1.165) is 0 Å². The molecule has 1 unspecified atom stereocenters. The Labute approximate surface area is 111 Å². The highest BCUT2D eigenvalue weighted by atomic mass is 35.5. The number of rotatable bonds is 2. The number of carbonyl (C=O) groups excluding carboxylic acids is 1. The molecular weight excluding hydrogens is 275 g/mol. The van der Waals surface area contributed by atoms with Gasteiger partial charge in [-0.25, -0.2) is 9.36 Å². The summed E-state index contributed by atoms with van der Waals surface area (Å²) in [4.78, 5) is 11.9. The molecule has 1 aliphatic heterocycles. The first-order valence-electron chi connectivity index (χ1n) is 5.60. The first-order valence-corrected chi connectivity index (χ1v) is 7.52. The van der Waals surface area contributed by atoms with E-state index < -0.39 is 18.7 Å². The lowest BCUT2D eigenvalue weighted by Gasteiger charge is -2.37. The summed E-state index contributed by atoms with van der Waals surface area (Å²) in [5.41, 5.74) is 0.985. The summed E-state index contributed by atoms with van der Waals surface area (Å²) < 4.78 is 22.9. The predicted octanol–water partition coefficient (Wildman–Crippen LogP) is 3.98. The van der Waals surface area contributed by atoms with Crippen LogP contribution in [0.25, 0.3) is 0 Å². The van der Waals surface area contributed by atoms with Crippen LogP contribution >= 0.6 is 19.2 Å². The summed E-state index contributed by atoms with van der Waals surface area (Å²) in [6, 6.07) is 4.89. The molecule has 1 heterocycles. The smallest absolute Gasteiger partial charge is 0.387 e. The second-order valence-corrected chi connectivity index (χ2v) is 7.53. The van der Waals surface area contributed by atoms with Crippen LogP contribution in [0.2, 0.25) is 5.02 Å². The maximum atomic E-state index is 12.6. The molecule has 0 spiro atoms. The molecule has 18 heavy (non-hydrogen) atoms. The average molecular weight is 289 g/mol. The van der Waals surface area contributed by atoms with Crippen molar-refractivity contribution in [3.63, 3.8) is 0 Å². The number of halogens is 1. The van der Waals surface area contributed by atoms with E-state index in [9.17, 15) is 9.36 Å². The number of hydrogen-bond acceptors (Lipinski definition) is 4. The molecule has 0 amide bonds. The van der Waals surface area contributed by atoms with Gasteiger partial charge in [-0.2, -0.15) is 0 Å². The summed E-state index contributed by atoms with van der Waals surface area (Å²) in [5, 5.41) is -0.439. The maximum Gasteiger partial charge on any atom is 0.391 e. The van der Waals surface area contributed by atoms with Gasteiger partial charge in [0, 0.05) is 5.02 Å². The molecule has 98 valence electrons. The average Bonchev–Trinajstić information content (AvgIpc) is 2.27. The van der Waals surface area contributed by atoms with Gasteiger partial charge in [-0.15, -0.1) is 0 Å². The molecule has 0 radical (unpaired) electrons. The van der Waals surface area contributed by atoms with Crippen LogP contribution < -0.4 is 0 Å². The van der Waals surface area contributed by atoms with Gasteiger partial charge in [0.1, 0.15) is 5.16 Å². The van der Waals surface area contributed by atoms with Gasteiger partial charge >= 0.3 is 13.6 Å². The first kappa shape index (κ1) is 13.6. The zero-order valence-electron chi connectivity index (χ0n) is 10.4. The third kappa shape index (κ3) is 1.89. The maximum absolute atomic E-state index is 12.6. The van der Waals surface area contributed by atoms with Crippen molar-refractivity contribution in [2.75, 3.05) is 6.61 Å². The molecule has 0 aliphatic carbocycles. The lowest BCUT2D eigenvalue weighted by atomic mass is 9.96. The van der Waals surface area contributed by atoms with Crippen LogP contribution in [0.15, 0.2) is 18.2 Å². The Kier molecular flexibility index (Phi) is 3.30. The summed E-state index contributed by atoms with van der Waals surface area (Å²) in [6.07, 6.45) is 0. The topological polar surface area (TPSA) is 52.6 Å². The monoisotopic (exact) mass is 288 g/mol. The normalized spacial score (nSPS) is 25.4. The molecule has 2 rings (SSSR count). The number of fused-ring (bicyclic) bond motifs is 1. The van der Waals surface area contributed by atoms with Crippen molar-refractivity contribution >= 4 is 25.2 Å².